The zero-order valence-electron chi connectivity index (χ0n) is 17.1. The van der Waals surface area contributed by atoms with Gasteiger partial charge in [-0.25, -0.2) is 0 Å². The van der Waals surface area contributed by atoms with Crippen molar-refractivity contribution in [1.29, 1.82) is 0 Å². The van der Waals surface area contributed by atoms with Crippen molar-refractivity contribution in [3.63, 3.8) is 0 Å². The van der Waals surface area contributed by atoms with Crippen molar-refractivity contribution in [2.75, 3.05) is 14.2 Å². The van der Waals surface area contributed by atoms with Gasteiger partial charge in [-0.2, -0.15) is 0 Å². The lowest BCUT2D eigenvalue weighted by Gasteiger charge is -2.30. The van der Waals surface area contributed by atoms with Gasteiger partial charge in [0.25, 0.3) is 0 Å². The third-order valence-electron chi connectivity index (χ3n) is 5.24. The Morgan fingerprint density at radius 1 is 0.828 bits per heavy atom. The van der Waals surface area contributed by atoms with E-state index in [1.807, 2.05) is 54.6 Å². The van der Waals surface area contributed by atoms with E-state index in [0.717, 1.165) is 16.7 Å². The molecule has 0 radical (unpaired) electrons. The number of amides is 1. The lowest BCUT2D eigenvalue weighted by Crippen LogP contribution is -2.33. The number of rotatable bonds is 8. The van der Waals surface area contributed by atoms with E-state index in [1.165, 1.54) is 0 Å². The Hall–Kier alpha value is -3.27. The first-order valence-electron chi connectivity index (χ1n) is 9.65. The lowest BCUT2D eigenvalue weighted by atomic mass is 9.73. The van der Waals surface area contributed by atoms with Crippen LogP contribution in [0.2, 0.25) is 0 Å². The molecule has 0 aliphatic carbocycles. The van der Waals surface area contributed by atoms with Crippen molar-refractivity contribution in [2.24, 2.45) is 0 Å². The van der Waals surface area contributed by atoms with E-state index in [9.17, 15) is 4.79 Å². The second kappa shape index (κ2) is 9.28. The van der Waals surface area contributed by atoms with Gasteiger partial charge in [0.1, 0.15) is 11.5 Å². The number of carbonyl (C=O) groups is 1. The summed E-state index contributed by atoms with van der Waals surface area (Å²) in [6.45, 7) is 2.53. The quantitative estimate of drug-likeness (QED) is 0.607. The molecule has 0 bridgehead atoms. The van der Waals surface area contributed by atoms with Gasteiger partial charge in [0.2, 0.25) is 5.91 Å². The highest BCUT2D eigenvalue weighted by Crippen LogP contribution is 2.35. The van der Waals surface area contributed by atoms with Crippen molar-refractivity contribution >= 4 is 5.91 Å². The van der Waals surface area contributed by atoms with Crippen molar-refractivity contribution in [3.05, 3.63) is 95.6 Å². The molecule has 4 heteroatoms. The molecule has 0 saturated heterocycles. The van der Waals surface area contributed by atoms with Crippen LogP contribution in [0, 0.1) is 0 Å². The first kappa shape index (κ1) is 20.5. The first-order chi connectivity index (χ1) is 14.0. The van der Waals surface area contributed by atoms with Gasteiger partial charge < -0.3 is 14.8 Å². The lowest BCUT2D eigenvalue weighted by molar-refractivity contribution is -0.122. The van der Waals surface area contributed by atoms with Crippen LogP contribution < -0.4 is 14.8 Å². The Balaban J connectivity index is 1.78. The summed E-state index contributed by atoms with van der Waals surface area (Å²) in [7, 11) is 3.23. The molecule has 0 aromatic heterocycles. The van der Waals surface area contributed by atoms with Gasteiger partial charge in [-0.3, -0.25) is 4.79 Å². The molecule has 3 rings (SSSR count). The summed E-state index contributed by atoms with van der Waals surface area (Å²) < 4.78 is 10.6. The van der Waals surface area contributed by atoms with E-state index in [2.05, 4.69) is 36.5 Å². The normalized spacial score (nSPS) is 11.0. The zero-order chi connectivity index (χ0) is 20.7. The smallest absolute Gasteiger partial charge is 0.221 e. The van der Waals surface area contributed by atoms with E-state index in [1.54, 1.807) is 14.2 Å². The van der Waals surface area contributed by atoms with Gasteiger partial charge in [-0.1, -0.05) is 67.6 Å². The van der Waals surface area contributed by atoms with E-state index in [-0.39, 0.29) is 5.91 Å². The van der Waals surface area contributed by atoms with Crippen LogP contribution in [0.3, 0.4) is 0 Å². The highest BCUT2D eigenvalue weighted by Gasteiger charge is 2.31. The molecule has 150 valence electrons. The molecule has 29 heavy (non-hydrogen) atoms. The van der Waals surface area contributed by atoms with Crippen LogP contribution in [0.25, 0.3) is 0 Å². The first-order valence-corrected chi connectivity index (χ1v) is 9.65. The highest BCUT2D eigenvalue weighted by atomic mass is 16.5. The molecule has 0 atom stereocenters. The summed E-state index contributed by atoms with van der Waals surface area (Å²) in [5, 5.41) is 3.05. The molecule has 0 heterocycles. The molecule has 4 nitrogen and oxygen atoms in total. The van der Waals surface area contributed by atoms with E-state index in [0.29, 0.717) is 24.5 Å². The molecule has 1 amide bonds. The molecule has 3 aromatic carbocycles. The summed E-state index contributed by atoms with van der Waals surface area (Å²) in [5.74, 6) is 1.39. The molecule has 0 spiro atoms. The number of carbonyl (C=O) groups excluding carboxylic acids is 1. The molecule has 1 N–H and O–H groups in total. The maximum absolute atomic E-state index is 12.9. The fraction of sp³-hybridized carbons (Fsp3) is 0.240. The molecule has 0 aliphatic rings. The molecular weight excluding hydrogens is 362 g/mol. The van der Waals surface area contributed by atoms with Gasteiger partial charge in [0.05, 0.1) is 14.2 Å². The summed E-state index contributed by atoms with van der Waals surface area (Å²) in [6, 6.07) is 25.9. The van der Waals surface area contributed by atoms with Crippen molar-refractivity contribution in [3.8, 4) is 11.5 Å². The largest absolute Gasteiger partial charge is 0.497 e. The number of benzene rings is 3. The van der Waals surface area contributed by atoms with Crippen molar-refractivity contribution in [2.45, 2.75) is 25.3 Å². The van der Waals surface area contributed by atoms with Crippen molar-refractivity contribution < 1.29 is 14.3 Å². The predicted molar refractivity (Wildman–Crippen MR) is 115 cm³/mol. The van der Waals surface area contributed by atoms with Crippen LogP contribution >= 0.6 is 0 Å². The van der Waals surface area contributed by atoms with Crippen LogP contribution in [0.4, 0.5) is 0 Å². The molecule has 0 aliphatic heterocycles. The fourth-order valence-corrected chi connectivity index (χ4v) is 3.54. The molecule has 0 unspecified atom stereocenters. The maximum atomic E-state index is 12.9. The fourth-order valence-electron chi connectivity index (χ4n) is 3.54. The van der Waals surface area contributed by atoms with Crippen LogP contribution in [-0.2, 0) is 16.8 Å². The van der Waals surface area contributed by atoms with Gasteiger partial charge in [0.15, 0.2) is 0 Å². The Labute approximate surface area is 172 Å². The Morgan fingerprint density at radius 3 is 1.76 bits per heavy atom. The van der Waals surface area contributed by atoms with Gasteiger partial charge in [0, 0.05) is 24.4 Å². The van der Waals surface area contributed by atoms with Gasteiger partial charge in [-0.05, 0) is 28.8 Å². The molecule has 0 saturated carbocycles. The number of hydrogen-bond acceptors (Lipinski definition) is 3. The predicted octanol–water partition coefficient (Wildman–Crippen LogP) is 4.72. The third-order valence-corrected chi connectivity index (χ3v) is 5.24. The average molecular weight is 389 g/mol. The molecule has 0 fully saturated rings. The highest BCUT2D eigenvalue weighted by molar-refractivity contribution is 5.78. The van der Waals surface area contributed by atoms with Crippen LogP contribution in [-0.4, -0.2) is 20.1 Å². The maximum Gasteiger partial charge on any atom is 0.221 e. The van der Waals surface area contributed by atoms with E-state index >= 15 is 0 Å². The Kier molecular flexibility index (Phi) is 6.55. The van der Waals surface area contributed by atoms with Crippen molar-refractivity contribution in [1.82, 2.24) is 5.32 Å². The van der Waals surface area contributed by atoms with E-state index in [4.69, 9.17) is 9.47 Å². The third kappa shape index (κ3) is 4.96. The van der Waals surface area contributed by atoms with Gasteiger partial charge in [-0.15, -0.1) is 0 Å². The molecular formula is C25H27NO3. The minimum Gasteiger partial charge on any atom is -0.497 e. The van der Waals surface area contributed by atoms with Gasteiger partial charge >= 0.3 is 0 Å². The Morgan fingerprint density at radius 2 is 1.31 bits per heavy atom. The zero-order valence-corrected chi connectivity index (χ0v) is 17.1. The standard InChI is InChI=1S/C25H27NO3/c1-25(20-10-6-4-7-11-20,21-12-8-5-9-13-21)17-24(27)26-18-19-14-22(28-2)16-23(15-19)29-3/h4-16H,17-18H2,1-3H3,(H,26,27). The number of ether oxygens (including phenoxy) is 2. The van der Waals surface area contributed by atoms with Crippen LogP contribution in [0.15, 0.2) is 78.9 Å². The minimum absolute atomic E-state index is 0.0120. The van der Waals surface area contributed by atoms with E-state index < -0.39 is 5.41 Å². The second-order valence-electron chi connectivity index (χ2n) is 7.24. The number of hydrogen-bond donors (Lipinski definition) is 1. The molecule has 3 aromatic rings. The summed E-state index contributed by atoms with van der Waals surface area (Å²) >= 11 is 0. The van der Waals surface area contributed by atoms with Crippen LogP contribution in [0.1, 0.15) is 30.0 Å². The summed E-state index contributed by atoms with van der Waals surface area (Å²) in [4.78, 5) is 12.9. The average Bonchev–Trinajstić information content (AvgIpc) is 2.78. The van der Waals surface area contributed by atoms with Crippen LogP contribution in [0.5, 0.6) is 11.5 Å². The number of methoxy groups -OCH3 is 2. The second-order valence-corrected chi connectivity index (χ2v) is 7.24. The summed E-state index contributed by atoms with van der Waals surface area (Å²) in [5.41, 5.74) is 2.74. The SMILES string of the molecule is COc1cc(CNC(=O)CC(C)(c2ccccc2)c2ccccc2)cc(OC)c1. The monoisotopic (exact) mass is 389 g/mol. The Bertz CT molecular complexity index is 877. The topological polar surface area (TPSA) is 47.6 Å². The minimum atomic E-state index is -0.418. The number of nitrogens with one attached hydrogen (secondary N) is 1. The summed E-state index contributed by atoms with van der Waals surface area (Å²) in [6.07, 6.45) is 0.349.